The van der Waals surface area contributed by atoms with Crippen LogP contribution in [-0.4, -0.2) is 35.1 Å². The molecule has 1 aromatic carbocycles. The molecule has 0 atom stereocenters. The van der Waals surface area contributed by atoms with Crippen LogP contribution in [-0.2, 0) is 16.1 Å². The number of nitrogens with one attached hydrogen (secondary N) is 1. The summed E-state index contributed by atoms with van der Waals surface area (Å²) in [7, 11) is 0. The summed E-state index contributed by atoms with van der Waals surface area (Å²) in [5.41, 5.74) is 1.01. The summed E-state index contributed by atoms with van der Waals surface area (Å²) in [6.07, 6.45) is 0. The van der Waals surface area contributed by atoms with Crippen LogP contribution in [0.15, 0.2) is 29.4 Å². The molecule has 0 fully saturated rings. The average molecular weight is 382 g/mol. The molecule has 0 unspecified atom stereocenters. The Kier molecular flexibility index (Phi) is 5.83. The lowest BCUT2D eigenvalue weighted by Crippen LogP contribution is -2.08. The zero-order valence-corrected chi connectivity index (χ0v) is 15.0. The lowest BCUT2D eigenvalue weighted by molar-refractivity contribution is -0.139. The smallest absolute Gasteiger partial charge is 0.316 e. The van der Waals surface area contributed by atoms with Crippen molar-refractivity contribution in [1.82, 2.24) is 9.97 Å². The predicted octanol–water partition coefficient (Wildman–Crippen LogP) is 3.13. The molecule has 1 N–H and O–H groups in total. The number of thioether (sulfide) groups is 1. The van der Waals surface area contributed by atoms with Gasteiger partial charge in [0.05, 0.1) is 12.4 Å². The van der Waals surface area contributed by atoms with E-state index < -0.39 is 0 Å². The summed E-state index contributed by atoms with van der Waals surface area (Å²) in [6, 6.07) is 7.35. The molecule has 0 radical (unpaired) electrons. The lowest BCUT2D eigenvalue weighted by Gasteiger charge is -2.08. The van der Waals surface area contributed by atoms with Crippen molar-refractivity contribution < 1.29 is 19.0 Å². The van der Waals surface area contributed by atoms with Crippen LogP contribution in [0.3, 0.4) is 0 Å². The standard InChI is InChI=1S/C16H16ClN3O4S/c1-2-22-15(21)8-25-16-19-13(17)6-14(20-16)18-7-10-3-4-11-12(5-10)24-9-23-11/h3-6H,2,7-9H2,1H3,(H,18,19,20). The number of esters is 1. The number of benzene rings is 1. The number of fused-ring (bicyclic) bond motifs is 1. The second kappa shape index (κ2) is 8.26. The molecule has 0 amide bonds. The van der Waals surface area contributed by atoms with E-state index in [4.69, 9.17) is 25.8 Å². The van der Waals surface area contributed by atoms with Crippen molar-refractivity contribution >= 4 is 35.1 Å². The topological polar surface area (TPSA) is 82.6 Å². The van der Waals surface area contributed by atoms with Gasteiger partial charge in [0, 0.05) is 12.6 Å². The third-order valence-electron chi connectivity index (χ3n) is 3.21. The van der Waals surface area contributed by atoms with Crippen molar-refractivity contribution in [2.75, 3.05) is 24.5 Å². The summed E-state index contributed by atoms with van der Waals surface area (Å²) in [5.74, 6) is 1.86. The molecular weight excluding hydrogens is 366 g/mol. The number of rotatable bonds is 7. The minimum Gasteiger partial charge on any atom is -0.465 e. The number of aromatic nitrogens is 2. The Hall–Kier alpha value is -2.19. The first kappa shape index (κ1) is 17.6. The van der Waals surface area contributed by atoms with Gasteiger partial charge in [0.25, 0.3) is 0 Å². The zero-order chi connectivity index (χ0) is 17.6. The quantitative estimate of drug-likeness (QED) is 0.339. The number of ether oxygens (including phenoxy) is 3. The minimum atomic E-state index is -0.314. The number of carbonyl (C=O) groups excluding carboxylic acids is 1. The van der Waals surface area contributed by atoms with Gasteiger partial charge in [-0.2, -0.15) is 0 Å². The lowest BCUT2D eigenvalue weighted by atomic mass is 10.2. The van der Waals surface area contributed by atoms with Crippen LogP contribution in [0.25, 0.3) is 0 Å². The van der Waals surface area contributed by atoms with Gasteiger partial charge < -0.3 is 19.5 Å². The van der Waals surface area contributed by atoms with Crippen LogP contribution in [0, 0.1) is 0 Å². The van der Waals surface area contributed by atoms with Gasteiger partial charge in [0.15, 0.2) is 16.7 Å². The molecule has 1 aromatic heterocycles. The van der Waals surface area contributed by atoms with E-state index in [9.17, 15) is 4.79 Å². The summed E-state index contributed by atoms with van der Waals surface area (Å²) >= 11 is 7.20. The fraction of sp³-hybridized carbons (Fsp3) is 0.312. The first-order valence-corrected chi connectivity index (χ1v) is 8.96. The maximum atomic E-state index is 11.4. The van der Waals surface area contributed by atoms with Crippen LogP contribution in [0.2, 0.25) is 5.15 Å². The molecule has 3 rings (SSSR count). The predicted molar refractivity (Wildman–Crippen MR) is 94.3 cm³/mol. The van der Waals surface area contributed by atoms with Gasteiger partial charge >= 0.3 is 5.97 Å². The van der Waals surface area contributed by atoms with E-state index in [0.29, 0.717) is 29.3 Å². The third kappa shape index (κ3) is 4.90. The average Bonchev–Trinajstić information content (AvgIpc) is 3.06. The summed E-state index contributed by atoms with van der Waals surface area (Å²) in [5, 5.41) is 3.90. The number of hydrogen-bond donors (Lipinski definition) is 1. The van der Waals surface area contributed by atoms with E-state index in [1.54, 1.807) is 13.0 Å². The summed E-state index contributed by atoms with van der Waals surface area (Å²) in [6.45, 7) is 2.88. The van der Waals surface area contributed by atoms with Crippen molar-refractivity contribution in [1.29, 1.82) is 0 Å². The monoisotopic (exact) mass is 381 g/mol. The van der Waals surface area contributed by atoms with Crippen LogP contribution >= 0.6 is 23.4 Å². The second-order valence-corrected chi connectivity index (χ2v) is 6.32. The molecule has 0 spiro atoms. The molecule has 2 aromatic rings. The Labute approximate surface area is 154 Å². The van der Waals surface area contributed by atoms with Gasteiger partial charge in [-0.05, 0) is 24.6 Å². The fourth-order valence-electron chi connectivity index (χ4n) is 2.12. The van der Waals surface area contributed by atoms with Gasteiger partial charge in [-0.3, -0.25) is 4.79 Å². The minimum absolute atomic E-state index is 0.135. The maximum Gasteiger partial charge on any atom is 0.316 e. The van der Waals surface area contributed by atoms with Gasteiger partial charge in [0.2, 0.25) is 6.79 Å². The third-order valence-corrected chi connectivity index (χ3v) is 4.22. The molecule has 2 heterocycles. The van der Waals surface area contributed by atoms with Crippen molar-refractivity contribution in [2.45, 2.75) is 18.6 Å². The molecular formula is C16H16ClN3O4S. The second-order valence-electron chi connectivity index (χ2n) is 4.99. The molecule has 25 heavy (non-hydrogen) atoms. The molecule has 7 nitrogen and oxygen atoms in total. The summed E-state index contributed by atoms with van der Waals surface area (Å²) in [4.78, 5) is 19.9. The Balaban J connectivity index is 1.61. The highest BCUT2D eigenvalue weighted by molar-refractivity contribution is 7.99. The SMILES string of the molecule is CCOC(=O)CSc1nc(Cl)cc(NCc2ccc3c(c2)OCO3)n1. The van der Waals surface area contributed by atoms with Crippen LogP contribution in [0.5, 0.6) is 11.5 Å². The Morgan fingerprint density at radius 3 is 3.00 bits per heavy atom. The Morgan fingerprint density at radius 1 is 1.32 bits per heavy atom. The van der Waals surface area contributed by atoms with Crippen molar-refractivity contribution in [3.8, 4) is 11.5 Å². The van der Waals surface area contributed by atoms with Crippen LogP contribution in [0.1, 0.15) is 12.5 Å². The van der Waals surface area contributed by atoms with E-state index in [-0.39, 0.29) is 18.5 Å². The molecule has 1 aliphatic rings. The number of hydrogen-bond acceptors (Lipinski definition) is 8. The van der Waals surface area contributed by atoms with Crippen LogP contribution in [0.4, 0.5) is 5.82 Å². The molecule has 9 heteroatoms. The number of anilines is 1. The van der Waals surface area contributed by atoms with Gasteiger partial charge in [-0.15, -0.1) is 0 Å². The van der Waals surface area contributed by atoms with Crippen LogP contribution < -0.4 is 14.8 Å². The maximum absolute atomic E-state index is 11.4. The van der Waals surface area contributed by atoms with Crippen molar-refractivity contribution in [2.24, 2.45) is 0 Å². The number of carbonyl (C=O) groups is 1. The fourth-order valence-corrected chi connectivity index (χ4v) is 3.01. The van der Waals surface area contributed by atoms with E-state index in [1.165, 1.54) is 11.8 Å². The van der Waals surface area contributed by atoms with E-state index in [0.717, 1.165) is 17.1 Å². The highest BCUT2D eigenvalue weighted by Crippen LogP contribution is 2.32. The molecule has 0 aliphatic carbocycles. The molecule has 0 saturated heterocycles. The largest absolute Gasteiger partial charge is 0.465 e. The molecule has 132 valence electrons. The number of halogens is 1. The van der Waals surface area contributed by atoms with Gasteiger partial charge in [-0.25, -0.2) is 9.97 Å². The zero-order valence-electron chi connectivity index (χ0n) is 13.5. The summed E-state index contributed by atoms with van der Waals surface area (Å²) < 4.78 is 15.5. The first-order chi connectivity index (χ1) is 12.1. The van der Waals surface area contributed by atoms with E-state index in [1.807, 2.05) is 18.2 Å². The van der Waals surface area contributed by atoms with E-state index in [2.05, 4.69) is 15.3 Å². The highest BCUT2D eigenvalue weighted by Gasteiger charge is 2.13. The van der Waals surface area contributed by atoms with Crippen molar-refractivity contribution in [3.05, 3.63) is 35.0 Å². The van der Waals surface area contributed by atoms with Crippen molar-refractivity contribution in [3.63, 3.8) is 0 Å². The Morgan fingerprint density at radius 2 is 2.16 bits per heavy atom. The van der Waals surface area contributed by atoms with Gasteiger partial charge in [0.1, 0.15) is 11.0 Å². The van der Waals surface area contributed by atoms with E-state index >= 15 is 0 Å². The Bertz CT molecular complexity index is 775. The molecule has 0 bridgehead atoms. The highest BCUT2D eigenvalue weighted by atomic mass is 35.5. The van der Waals surface area contributed by atoms with Gasteiger partial charge in [-0.1, -0.05) is 29.4 Å². The molecule has 1 aliphatic heterocycles. The first-order valence-electron chi connectivity index (χ1n) is 7.59. The molecule has 0 saturated carbocycles. The normalized spacial score (nSPS) is 12.1. The number of nitrogens with zero attached hydrogens (tertiary/aromatic N) is 2.